The summed E-state index contributed by atoms with van der Waals surface area (Å²) < 4.78 is 5.80. The Morgan fingerprint density at radius 3 is 3.32 bits per heavy atom. The highest BCUT2D eigenvalue weighted by Crippen LogP contribution is 2.23. The number of pyridine rings is 1. The van der Waals surface area contributed by atoms with Crippen molar-refractivity contribution in [3.8, 4) is 0 Å². The fourth-order valence-electron chi connectivity index (χ4n) is 2.86. The molecule has 19 heavy (non-hydrogen) atoms. The molecule has 5 nitrogen and oxygen atoms in total. The molecule has 1 aromatic rings. The third-order valence-electron chi connectivity index (χ3n) is 3.84. The van der Waals surface area contributed by atoms with E-state index in [0.29, 0.717) is 13.2 Å². The van der Waals surface area contributed by atoms with E-state index in [-0.39, 0.29) is 17.9 Å². The number of carbonyl (C=O) groups is 1. The van der Waals surface area contributed by atoms with Crippen LogP contribution in [0.4, 0.5) is 0 Å². The molecule has 1 N–H and O–H groups in total. The Bertz CT molecular complexity index is 438. The lowest BCUT2D eigenvalue weighted by Crippen LogP contribution is -2.48. The van der Waals surface area contributed by atoms with Gasteiger partial charge in [-0.05, 0) is 24.6 Å². The number of hydrogen-bond donors (Lipinski definition) is 1. The Balaban J connectivity index is 1.63. The van der Waals surface area contributed by atoms with E-state index in [1.54, 1.807) is 6.20 Å². The molecule has 3 rings (SSSR count). The summed E-state index contributed by atoms with van der Waals surface area (Å²) in [4.78, 5) is 18.4. The van der Waals surface area contributed by atoms with Gasteiger partial charge < -0.3 is 10.1 Å². The quantitative estimate of drug-likeness (QED) is 0.838. The summed E-state index contributed by atoms with van der Waals surface area (Å²) in [6, 6.07) is 4.04. The number of nitrogens with zero attached hydrogens (tertiary/aromatic N) is 2. The van der Waals surface area contributed by atoms with E-state index in [1.165, 1.54) is 5.56 Å². The van der Waals surface area contributed by atoms with Crippen molar-refractivity contribution in [2.75, 3.05) is 26.2 Å². The van der Waals surface area contributed by atoms with Crippen LogP contribution in [0.3, 0.4) is 0 Å². The Morgan fingerprint density at radius 2 is 2.47 bits per heavy atom. The van der Waals surface area contributed by atoms with Gasteiger partial charge in [-0.25, -0.2) is 0 Å². The van der Waals surface area contributed by atoms with Gasteiger partial charge in [0.05, 0.1) is 18.6 Å². The lowest BCUT2D eigenvalue weighted by molar-refractivity contribution is -0.130. The van der Waals surface area contributed by atoms with Gasteiger partial charge in [-0.1, -0.05) is 6.07 Å². The molecule has 2 aliphatic rings. The summed E-state index contributed by atoms with van der Waals surface area (Å²) in [5, 5.41) is 2.92. The van der Waals surface area contributed by atoms with Crippen LogP contribution in [0.2, 0.25) is 0 Å². The predicted molar refractivity (Wildman–Crippen MR) is 70.4 cm³/mol. The molecule has 0 aliphatic carbocycles. The second kappa shape index (κ2) is 5.67. The Hall–Kier alpha value is -1.46. The van der Waals surface area contributed by atoms with Gasteiger partial charge in [0.2, 0.25) is 5.91 Å². The van der Waals surface area contributed by atoms with Gasteiger partial charge >= 0.3 is 0 Å². The summed E-state index contributed by atoms with van der Waals surface area (Å²) in [6.07, 6.45) is 4.59. The number of amides is 1. The molecule has 2 atom stereocenters. The average Bonchev–Trinajstić information content (AvgIpc) is 2.62. The summed E-state index contributed by atoms with van der Waals surface area (Å²) in [5.74, 6) is 0.177. The monoisotopic (exact) mass is 261 g/mol. The highest BCUT2D eigenvalue weighted by Gasteiger charge is 2.36. The van der Waals surface area contributed by atoms with E-state index < -0.39 is 0 Å². The van der Waals surface area contributed by atoms with Crippen LogP contribution in [0.15, 0.2) is 24.5 Å². The second-order valence-electron chi connectivity index (χ2n) is 5.19. The van der Waals surface area contributed by atoms with Crippen molar-refractivity contribution in [2.24, 2.45) is 5.92 Å². The number of ether oxygens (including phenoxy) is 1. The molecule has 1 aromatic heterocycles. The van der Waals surface area contributed by atoms with Crippen LogP contribution in [0.1, 0.15) is 12.0 Å². The zero-order valence-corrected chi connectivity index (χ0v) is 10.9. The number of hydrogen-bond acceptors (Lipinski definition) is 4. The van der Waals surface area contributed by atoms with Gasteiger partial charge in [-0.3, -0.25) is 14.7 Å². The zero-order chi connectivity index (χ0) is 13.1. The number of carbonyl (C=O) groups excluding carboxylic acids is 1. The third kappa shape index (κ3) is 2.93. The molecule has 2 aliphatic heterocycles. The fourth-order valence-corrected chi connectivity index (χ4v) is 2.86. The Labute approximate surface area is 113 Å². The maximum atomic E-state index is 11.9. The van der Waals surface area contributed by atoms with Gasteiger partial charge in [0.25, 0.3) is 0 Å². The molecule has 0 spiro atoms. The molecule has 0 radical (unpaired) electrons. The maximum Gasteiger partial charge on any atom is 0.225 e. The van der Waals surface area contributed by atoms with Gasteiger partial charge in [0.15, 0.2) is 0 Å². The molecular weight excluding hydrogens is 242 g/mol. The van der Waals surface area contributed by atoms with Crippen LogP contribution >= 0.6 is 0 Å². The molecule has 1 amide bonds. The van der Waals surface area contributed by atoms with Crippen LogP contribution in [0.25, 0.3) is 0 Å². The van der Waals surface area contributed by atoms with E-state index in [0.717, 1.165) is 26.1 Å². The summed E-state index contributed by atoms with van der Waals surface area (Å²) in [6.45, 7) is 3.89. The summed E-state index contributed by atoms with van der Waals surface area (Å²) in [5.41, 5.74) is 1.21. The first-order valence-corrected chi connectivity index (χ1v) is 6.83. The van der Waals surface area contributed by atoms with Crippen molar-refractivity contribution in [3.05, 3.63) is 30.1 Å². The molecule has 3 heterocycles. The molecule has 5 heteroatoms. The van der Waals surface area contributed by atoms with Crippen molar-refractivity contribution in [3.63, 3.8) is 0 Å². The van der Waals surface area contributed by atoms with Crippen LogP contribution in [-0.2, 0) is 16.1 Å². The minimum Gasteiger partial charge on any atom is -0.374 e. The minimum absolute atomic E-state index is 0.0210. The topological polar surface area (TPSA) is 54.5 Å². The first kappa shape index (κ1) is 12.6. The van der Waals surface area contributed by atoms with E-state index in [9.17, 15) is 4.79 Å². The van der Waals surface area contributed by atoms with Gasteiger partial charge in [0.1, 0.15) is 0 Å². The van der Waals surface area contributed by atoms with E-state index >= 15 is 0 Å². The normalized spacial score (nSPS) is 28.3. The Morgan fingerprint density at radius 1 is 1.53 bits per heavy atom. The second-order valence-corrected chi connectivity index (χ2v) is 5.19. The summed E-state index contributed by atoms with van der Waals surface area (Å²) >= 11 is 0. The van der Waals surface area contributed by atoms with Crippen LogP contribution in [0, 0.1) is 5.92 Å². The lowest BCUT2D eigenvalue weighted by atomic mass is 9.93. The molecule has 2 saturated heterocycles. The van der Waals surface area contributed by atoms with Crippen molar-refractivity contribution < 1.29 is 9.53 Å². The van der Waals surface area contributed by atoms with Crippen molar-refractivity contribution in [1.29, 1.82) is 0 Å². The van der Waals surface area contributed by atoms with Gasteiger partial charge in [-0.15, -0.1) is 0 Å². The molecule has 0 bridgehead atoms. The lowest BCUT2D eigenvalue weighted by Gasteiger charge is -2.36. The standard InChI is InChI=1S/C14H19N3O2/c18-14-12-3-6-17(9-11-2-1-4-15-8-11)10-13(12)19-7-5-16-14/h1-2,4,8,12-13H,3,5-7,9-10H2,(H,16,18)/t12-,13+/m1/s1. The predicted octanol–water partition coefficient (Wildman–Crippen LogP) is 0.418. The first-order valence-electron chi connectivity index (χ1n) is 6.83. The highest BCUT2D eigenvalue weighted by molar-refractivity contribution is 5.79. The summed E-state index contributed by atoms with van der Waals surface area (Å²) in [7, 11) is 0. The molecular formula is C14H19N3O2. The van der Waals surface area contributed by atoms with Crippen molar-refractivity contribution >= 4 is 5.91 Å². The SMILES string of the molecule is O=C1NCCO[C@H]2CN(Cc3cccnc3)CC[C@@H]12. The van der Waals surface area contributed by atoms with Gasteiger partial charge in [-0.2, -0.15) is 0 Å². The van der Waals surface area contributed by atoms with Crippen LogP contribution < -0.4 is 5.32 Å². The number of nitrogens with one attached hydrogen (secondary N) is 1. The van der Waals surface area contributed by atoms with Crippen molar-refractivity contribution in [1.82, 2.24) is 15.2 Å². The molecule has 2 fully saturated rings. The van der Waals surface area contributed by atoms with Gasteiger partial charge in [0, 0.05) is 32.0 Å². The maximum absolute atomic E-state index is 11.9. The number of likely N-dealkylation sites (tertiary alicyclic amines) is 1. The number of fused-ring (bicyclic) bond motifs is 1. The highest BCUT2D eigenvalue weighted by atomic mass is 16.5. The van der Waals surface area contributed by atoms with Crippen molar-refractivity contribution in [2.45, 2.75) is 19.1 Å². The minimum atomic E-state index is 0.0210. The Kier molecular flexibility index (Phi) is 3.75. The molecule has 0 aromatic carbocycles. The largest absolute Gasteiger partial charge is 0.374 e. The number of rotatable bonds is 2. The first-order chi connectivity index (χ1) is 9.33. The number of aromatic nitrogens is 1. The van der Waals surface area contributed by atoms with E-state index in [1.807, 2.05) is 12.3 Å². The molecule has 0 saturated carbocycles. The number of piperidine rings is 1. The fraction of sp³-hybridized carbons (Fsp3) is 0.571. The van der Waals surface area contributed by atoms with Crippen LogP contribution in [0.5, 0.6) is 0 Å². The zero-order valence-electron chi connectivity index (χ0n) is 10.9. The van der Waals surface area contributed by atoms with E-state index in [2.05, 4.69) is 21.3 Å². The smallest absolute Gasteiger partial charge is 0.225 e. The molecule has 102 valence electrons. The molecule has 0 unspecified atom stereocenters. The van der Waals surface area contributed by atoms with E-state index in [4.69, 9.17) is 4.74 Å². The third-order valence-corrected chi connectivity index (χ3v) is 3.84. The van der Waals surface area contributed by atoms with Crippen LogP contribution in [-0.4, -0.2) is 48.1 Å². The average molecular weight is 261 g/mol.